The summed E-state index contributed by atoms with van der Waals surface area (Å²) in [4.78, 5) is 0. The van der Waals surface area contributed by atoms with Crippen molar-refractivity contribution in [3.05, 3.63) is 29.6 Å². The smallest absolute Gasteiger partial charge is 0.411 e. The van der Waals surface area contributed by atoms with Crippen LogP contribution in [0, 0.1) is 5.82 Å². The van der Waals surface area contributed by atoms with E-state index in [4.69, 9.17) is 4.74 Å². The zero-order valence-corrected chi connectivity index (χ0v) is 12.0. The summed E-state index contributed by atoms with van der Waals surface area (Å²) in [7, 11) is 1.74. The first-order chi connectivity index (χ1) is 9.83. The first-order valence-electron chi connectivity index (χ1n) is 6.57. The van der Waals surface area contributed by atoms with E-state index in [2.05, 4.69) is 10.1 Å². The highest BCUT2D eigenvalue weighted by Crippen LogP contribution is 2.26. The molecule has 21 heavy (non-hydrogen) atoms. The van der Waals surface area contributed by atoms with Gasteiger partial charge in [0.05, 0.1) is 13.2 Å². The summed E-state index contributed by atoms with van der Waals surface area (Å²) in [6.07, 6.45) is -3.99. The maximum absolute atomic E-state index is 13.2. The highest BCUT2D eigenvalue weighted by Gasteiger charge is 2.27. The van der Waals surface area contributed by atoms with E-state index >= 15 is 0 Å². The Kier molecular flexibility index (Phi) is 6.91. The van der Waals surface area contributed by atoms with Gasteiger partial charge >= 0.3 is 6.18 Å². The van der Waals surface area contributed by atoms with Gasteiger partial charge in [0.2, 0.25) is 0 Å². The molecule has 1 rings (SSSR count). The first-order valence-corrected chi connectivity index (χ1v) is 6.57. The van der Waals surface area contributed by atoms with Crippen LogP contribution in [-0.4, -0.2) is 33.0 Å². The van der Waals surface area contributed by atoms with Crippen molar-refractivity contribution in [2.75, 3.05) is 26.9 Å². The molecule has 0 heterocycles. The largest absolute Gasteiger partial charge is 0.493 e. The van der Waals surface area contributed by atoms with Crippen molar-refractivity contribution in [2.24, 2.45) is 0 Å². The van der Waals surface area contributed by atoms with Crippen LogP contribution in [0.25, 0.3) is 0 Å². The molecule has 0 aliphatic carbocycles. The van der Waals surface area contributed by atoms with Crippen molar-refractivity contribution in [1.82, 2.24) is 5.32 Å². The summed E-state index contributed by atoms with van der Waals surface area (Å²) in [6.45, 7) is 0.754. The minimum atomic E-state index is -4.31. The highest BCUT2D eigenvalue weighted by molar-refractivity contribution is 5.36. The number of halogens is 4. The Morgan fingerprint density at radius 1 is 1.24 bits per heavy atom. The molecule has 0 aliphatic heterocycles. The van der Waals surface area contributed by atoms with Crippen molar-refractivity contribution in [2.45, 2.75) is 25.6 Å². The fourth-order valence-electron chi connectivity index (χ4n) is 1.68. The molecule has 0 radical (unpaired) electrons. The van der Waals surface area contributed by atoms with Crippen molar-refractivity contribution in [3.63, 3.8) is 0 Å². The number of benzene rings is 1. The summed E-state index contributed by atoms with van der Waals surface area (Å²) in [6, 6.07) is 4.06. The lowest BCUT2D eigenvalue weighted by Gasteiger charge is -2.16. The molecule has 0 fully saturated rings. The second kappa shape index (κ2) is 8.19. The molecule has 0 bridgehead atoms. The van der Waals surface area contributed by atoms with E-state index in [9.17, 15) is 17.6 Å². The van der Waals surface area contributed by atoms with Gasteiger partial charge in [-0.15, -0.1) is 0 Å². The topological polar surface area (TPSA) is 30.5 Å². The van der Waals surface area contributed by atoms with Gasteiger partial charge in [0, 0.05) is 18.0 Å². The van der Waals surface area contributed by atoms with Crippen LogP contribution in [-0.2, 0) is 4.74 Å². The Morgan fingerprint density at radius 2 is 1.95 bits per heavy atom. The summed E-state index contributed by atoms with van der Waals surface area (Å²) >= 11 is 0. The molecule has 0 saturated carbocycles. The molecular formula is C14H19F4NO2. The third kappa shape index (κ3) is 6.77. The van der Waals surface area contributed by atoms with E-state index in [1.807, 2.05) is 6.92 Å². The fourth-order valence-corrected chi connectivity index (χ4v) is 1.68. The monoisotopic (exact) mass is 309 g/mol. The molecule has 3 nitrogen and oxygen atoms in total. The second-order valence-electron chi connectivity index (χ2n) is 4.56. The van der Waals surface area contributed by atoms with Gasteiger partial charge < -0.3 is 14.8 Å². The van der Waals surface area contributed by atoms with Gasteiger partial charge in [-0.25, -0.2) is 4.39 Å². The van der Waals surface area contributed by atoms with Crippen LogP contribution in [0.3, 0.4) is 0 Å². The van der Waals surface area contributed by atoms with Gasteiger partial charge in [0.25, 0.3) is 0 Å². The van der Waals surface area contributed by atoms with Crippen LogP contribution < -0.4 is 10.1 Å². The number of alkyl halides is 3. The molecule has 0 aliphatic rings. The van der Waals surface area contributed by atoms with Gasteiger partial charge in [-0.2, -0.15) is 13.2 Å². The number of hydrogen-bond donors (Lipinski definition) is 1. The Bertz CT molecular complexity index is 437. The van der Waals surface area contributed by atoms with E-state index in [1.54, 1.807) is 7.05 Å². The van der Waals surface area contributed by atoms with E-state index in [1.165, 1.54) is 18.2 Å². The van der Waals surface area contributed by atoms with Crippen molar-refractivity contribution >= 4 is 0 Å². The molecule has 120 valence electrons. The van der Waals surface area contributed by atoms with Crippen molar-refractivity contribution in [3.8, 4) is 5.75 Å². The van der Waals surface area contributed by atoms with Crippen LogP contribution in [0.4, 0.5) is 17.6 Å². The molecule has 1 unspecified atom stereocenters. The zero-order chi connectivity index (χ0) is 15.9. The van der Waals surface area contributed by atoms with Crippen molar-refractivity contribution < 1.29 is 27.0 Å². The van der Waals surface area contributed by atoms with Crippen molar-refractivity contribution in [1.29, 1.82) is 0 Å². The summed E-state index contributed by atoms with van der Waals surface area (Å²) in [5, 5.41) is 2.98. The number of ether oxygens (including phenoxy) is 2. The number of hydrogen-bond acceptors (Lipinski definition) is 3. The molecular weight excluding hydrogens is 290 g/mol. The maximum Gasteiger partial charge on any atom is 0.411 e. The second-order valence-corrected chi connectivity index (χ2v) is 4.56. The number of rotatable bonds is 8. The van der Waals surface area contributed by atoms with Gasteiger partial charge in [-0.3, -0.25) is 0 Å². The zero-order valence-electron chi connectivity index (χ0n) is 12.0. The minimum absolute atomic E-state index is 0.0440. The molecule has 0 spiro atoms. The Hall–Kier alpha value is -1.34. The summed E-state index contributed by atoms with van der Waals surface area (Å²) < 4.78 is 58.7. The predicted molar refractivity (Wildman–Crippen MR) is 70.9 cm³/mol. The average Bonchev–Trinajstić information content (AvgIpc) is 2.41. The lowest BCUT2D eigenvalue weighted by molar-refractivity contribution is -0.174. The lowest BCUT2D eigenvalue weighted by atomic mass is 10.1. The SMILES string of the molecule is CNC(C)c1cc(F)ccc1OCCCOCC(F)(F)F. The fraction of sp³-hybridized carbons (Fsp3) is 0.571. The van der Waals surface area contributed by atoms with E-state index in [-0.39, 0.29) is 25.1 Å². The van der Waals surface area contributed by atoms with Crippen LogP contribution >= 0.6 is 0 Å². The van der Waals surface area contributed by atoms with Gasteiger partial charge in [0.15, 0.2) is 0 Å². The summed E-state index contributed by atoms with van der Waals surface area (Å²) in [5.74, 6) is 0.141. The maximum atomic E-state index is 13.2. The van der Waals surface area contributed by atoms with Crippen LogP contribution in [0.5, 0.6) is 5.75 Å². The molecule has 1 N–H and O–H groups in total. The lowest BCUT2D eigenvalue weighted by Crippen LogP contribution is -2.18. The summed E-state index contributed by atoms with van der Waals surface area (Å²) in [5.41, 5.74) is 0.661. The van der Waals surface area contributed by atoms with Crippen LogP contribution in [0.1, 0.15) is 24.9 Å². The Balaban J connectivity index is 2.41. The van der Waals surface area contributed by atoms with E-state index < -0.39 is 12.8 Å². The quantitative estimate of drug-likeness (QED) is 0.589. The third-order valence-electron chi connectivity index (χ3n) is 2.83. The molecule has 0 aromatic heterocycles. The Morgan fingerprint density at radius 3 is 2.57 bits per heavy atom. The molecule has 1 aromatic rings. The molecule has 0 saturated heterocycles. The average molecular weight is 309 g/mol. The van der Waals surface area contributed by atoms with Crippen LogP contribution in [0.15, 0.2) is 18.2 Å². The van der Waals surface area contributed by atoms with E-state index in [0.29, 0.717) is 17.7 Å². The molecule has 0 amide bonds. The van der Waals surface area contributed by atoms with Gasteiger partial charge in [-0.05, 0) is 32.2 Å². The normalized spacial score (nSPS) is 13.2. The van der Waals surface area contributed by atoms with Gasteiger partial charge in [-0.1, -0.05) is 0 Å². The van der Waals surface area contributed by atoms with Crippen LogP contribution in [0.2, 0.25) is 0 Å². The number of nitrogens with one attached hydrogen (secondary N) is 1. The minimum Gasteiger partial charge on any atom is -0.493 e. The standard InChI is InChI=1S/C14H19F4NO2/c1-10(19-2)12-8-11(15)4-5-13(12)21-7-3-6-20-9-14(16,17)18/h4-5,8,10,19H,3,6-7,9H2,1-2H3. The predicted octanol–water partition coefficient (Wildman–Crippen LogP) is 3.45. The molecule has 1 aromatic carbocycles. The van der Waals surface area contributed by atoms with E-state index in [0.717, 1.165) is 0 Å². The molecule has 7 heteroatoms. The Labute approximate surface area is 121 Å². The molecule has 1 atom stereocenters. The highest BCUT2D eigenvalue weighted by atomic mass is 19.4. The van der Waals surface area contributed by atoms with Gasteiger partial charge in [0.1, 0.15) is 18.2 Å². The third-order valence-corrected chi connectivity index (χ3v) is 2.83. The first kappa shape index (κ1) is 17.7.